The van der Waals surface area contributed by atoms with Crippen molar-refractivity contribution in [3.63, 3.8) is 0 Å². The highest BCUT2D eigenvalue weighted by Gasteiger charge is 2.42. The van der Waals surface area contributed by atoms with Gasteiger partial charge >= 0.3 is 0 Å². The van der Waals surface area contributed by atoms with Crippen LogP contribution in [-0.2, 0) is 9.84 Å². The number of hydrogen-bond donors (Lipinski definition) is 1. The summed E-state index contributed by atoms with van der Waals surface area (Å²) in [6.45, 7) is 6.18. The average molecular weight is 247 g/mol. The first-order valence-electron chi connectivity index (χ1n) is 6.28. The van der Waals surface area contributed by atoms with Crippen molar-refractivity contribution in [3.8, 4) is 0 Å². The van der Waals surface area contributed by atoms with Gasteiger partial charge in [-0.05, 0) is 24.7 Å². The molecule has 1 fully saturated rings. The second kappa shape index (κ2) is 5.05. The molecule has 2 N–H and O–H groups in total. The number of rotatable bonds is 4. The monoisotopic (exact) mass is 247 g/mol. The van der Waals surface area contributed by atoms with Crippen LogP contribution in [0, 0.1) is 5.41 Å². The number of nitrogens with two attached hydrogens (primary N) is 1. The predicted molar refractivity (Wildman–Crippen MR) is 68.1 cm³/mol. The van der Waals surface area contributed by atoms with Crippen LogP contribution in [0.15, 0.2) is 0 Å². The van der Waals surface area contributed by atoms with Gasteiger partial charge in [-0.15, -0.1) is 0 Å². The van der Waals surface area contributed by atoms with Crippen LogP contribution in [-0.4, -0.2) is 25.5 Å². The van der Waals surface area contributed by atoms with Crippen molar-refractivity contribution in [2.75, 3.05) is 5.75 Å². The first-order valence-corrected chi connectivity index (χ1v) is 8.00. The van der Waals surface area contributed by atoms with E-state index in [0.29, 0.717) is 5.75 Å². The van der Waals surface area contributed by atoms with Crippen LogP contribution < -0.4 is 5.73 Å². The molecule has 2 unspecified atom stereocenters. The molecule has 0 aromatic carbocycles. The second-order valence-corrected chi connectivity index (χ2v) is 8.01. The van der Waals surface area contributed by atoms with Gasteiger partial charge in [0.05, 0.1) is 11.0 Å². The van der Waals surface area contributed by atoms with Crippen LogP contribution in [0.2, 0.25) is 0 Å². The first-order chi connectivity index (χ1) is 7.31. The lowest BCUT2D eigenvalue weighted by Gasteiger charge is -2.41. The summed E-state index contributed by atoms with van der Waals surface area (Å²) in [6.07, 6.45) is 4.44. The third kappa shape index (κ3) is 2.98. The van der Waals surface area contributed by atoms with Crippen LogP contribution in [0.25, 0.3) is 0 Å². The summed E-state index contributed by atoms with van der Waals surface area (Å²) in [4.78, 5) is 0. The Morgan fingerprint density at radius 2 is 2.00 bits per heavy atom. The van der Waals surface area contributed by atoms with E-state index in [1.807, 2.05) is 6.92 Å². The minimum absolute atomic E-state index is 0.0395. The third-order valence-corrected chi connectivity index (χ3v) is 6.17. The van der Waals surface area contributed by atoms with E-state index < -0.39 is 9.84 Å². The highest BCUT2D eigenvalue weighted by atomic mass is 32.2. The van der Waals surface area contributed by atoms with Crippen molar-refractivity contribution in [1.82, 2.24) is 0 Å². The Bertz CT molecular complexity index is 322. The van der Waals surface area contributed by atoms with Crippen LogP contribution in [0.4, 0.5) is 0 Å². The molecule has 0 radical (unpaired) electrons. The first kappa shape index (κ1) is 14.0. The second-order valence-electron chi connectivity index (χ2n) is 5.67. The molecule has 0 heterocycles. The summed E-state index contributed by atoms with van der Waals surface area (Å²) < 4.78 is 24.3. The molecule has 0 saturated heterocycles. The number of hydrogen-bond acceptors (Lipinski definition) is 3. The van der Waals surface area contributed by atoms with Gasteiger partial charge in [0.15, 0.2) is 9.84 Å². The lowest BCUT2D eigenvalue weighted by atomic mass is 9.73. The zero-order valence-corrected chi connectivity index (χ0v) is 11.5. The topological polar surface area (TPSA) is 60.2 Å². The van der Waals surface area contributed by atoms with E-state index >= 15 is 0 Å². The van der Waals surface area contributed by atoms with Crippen LogP contribution >= 0.6 is 0 Å². The number of sulfone groups is 1. The van der Waals surface area contributed by atoms with E-state index in [2.05, 4.69) is 13.8 Å². The van der Waals surface area contributed by atoms with Gasteiger partial charge in [0.2, 0.25) is 0 Å². The highest BCUT2D eigenvalue weighted by molar-refractivity contribution is 7.92. The fourth-order valence-corrected chi connectivity index (χ4v) is 4.84. The van der Waals surface area contributed by atoms with Gasteiger partial charge in [0.1, 0.15) is 0 Å². The minimum atomic E-state index is -2.99. The molecule has 3 nitrogen and oxygen atoms in total. The lowest BCUT2D eigenvalue weighted by molar-refractivity contribution is 0.204. The zero-order chi connectivity index (χ0) is 12.4. The average Bonchev–Trinajstić information content (AvgIpc) is 2.19. The Balaban J connectivity index is 2.79. The summed E-state index contributed by atoms with van der Waals surface area (Å²) >= 11 is 0. The van der Waals surface area contributed by atoms with Crippen molar-refractivity contribution < 1.29 is 8.42 Å². The van der Waals surface area contributed by atoms with E-state index in [-0.39, 0.29) is 16.7 Å². The maximum atomic E-state index is 12.2. The van der Waals surface area contributed by atoms with Crippen molar-refractivity contribution in [2.24, 2.45) is 11.1 Å². The van der Waals surface area contributed by atoms with E-state index in [0.717, 1.165) is 32.1 Å². The van der Waals surface area contributed by atoms with Crippen molar-refractivity contribution >= 4 is 9.84 Å². The maximum Gasteiger partial charge on any atom is 0.154 e. The molecule has 4 heteroatoms. The molecule has 0 amide bonds. The molecule has 1 aliphatic carbocycles. The molecule has 16 heavy (non-hydrogen) atoms. The van der Waals surface area contributed by atoms with Gasteiger partial charge in [0, 0.05) is 6.04 Å². The van der Waals surface area contributed by atoms with Crippen molar-refractivity contribution in [3.05, 3.63) is 0 Å². The molecule has 0 aliphatic heterocycles. The molecule has 0 aromatic rings. The highest BCUT2D eigenvalue weighted by Crippen LogP contribution is 2.37. The summed E-state index contributed by atoms with van der Waals surface area (Å²) in [6, 6.07) is -0.205. The van der Waals surface area contributed by atoms with Crippen LogP contribution in [0.5, 0.6) is 0 Å². The van der Waals surface area contributed by atoms with Gasteiger partial charge < -0.3 is 5.73 Å². The van der Waals surface area contributed by atoms with Crippen molar-refractivity contribution in [2.45, 2.75) is 64.2 Å². The molecule has 1 saturated carbocycles. The standard InChI is InChI=1S/C12H25NO2S/c1-4-5-9-16(14,15)10-7-6-8-12(2,3)11(10)13/h10-11H,4-9,13H2,1-3H3. The van der Waals surface area contributed by atoms with Gasteiger partial charge in [0.25, 0.3) is 0 Å². The quantitative estimate of drug-likeness (QED) is 0.827. The molecule has 0 bridgehead atoms. The molecule has 1 rings (SSSR count). The molecule has 96 valence electrons. The van der Waals surface area contributed by atoms with Gasteiger partial charge in [-0.2, -0.15) is 0 Å². The lowest BCUT2D eigenvalue weighted by Crippen LogP contribution is -2.53. The molecular formula is C12H25NO2S. The summed E-state index contributed by atoms with van der Waals surface area (Å²) in [5, 5.41) is -0.317. The predicted octanol–water partition coefficient (Wildman–Crippen LogP) is 2.11. The normalized spacial score (nSPS) is 30.2. The fourth-order valence-electron chi connectivity index (χ4n) is 2.51. The fraction of sp³-hybridized carbons (Fsp3) is 1.00. The SMILES string of the molecule is CCCCS(=O)(=O)C1CCCC(C)(C)C1N. The van der Waals surface area contributed by atoms with Gasteiger partial charge in [-0.3, -0.25) is 0 Å². The summed E-state index contributed by atoms with van der Waals surface area (Å²) in [5.41, 5.74) is 6.10. The largest absolute Gasteiger partial charge is 0.326 e. The smallest absolute Gasteiger partial charge is 0.154 e. The summed E-state index contributed by atoms with van der Waals surface area (Å²) in [5.74, 6) is 0.304. The van der Waals surface area contributed by atoms with E-state index in [9.17, 15) is 8.42 Å². The molecular weight excluding hydrogens is 222 g/mol. The molecule has 0 aromatic heterocycles. The Morgan fingerprint density at radius 3 is 2.56 bits per heavy atom. The maximum absolute atomic E-state index is 12.2. The third-order valence-electron chi connectivity index (χ3n) is 3.86. The van der Waals surface area contributed by atoms with Gasteiger partial charge in [-0.25, -0.2) is 8.42 Å². The van der Waals surface area contributed by atoms with E-state index in [1.54, 1.807) is 0 Å². The van der Waals surface area contributed by atoms with Crippen LogP contribution in [0.1, 0.15) is 52.9 Å². The van der Waals surface area contributed by atoms with Crippen molar-refractivity contribution in [1.29, 1.82) is 0 Å². The van der Waals surface area contributed by atoms with E-state index in [4.69, 9.17) is 5.73 Å². The minimum Gasteiger partial charge on any atom is -0.326 e. The Kier molecular flexibility index (Phi) is 4.41. The molecule has 1 aliphatic rings. The Labute approximate surface area is 99.7 Å². The molecule has 0 spiro atoms. The van der Waals surface area contributed by atoms with Gasteiger partial charge in [-0.1, -0.05) is 33.6 Å². The number of unbranched alkanes of at least 4 members (excludes halogenated alkanes) is 1. The molecule has 2 atom stereocenters. The Hall–Kier alpha value is -0.0900. The van der Waals surface area contributed by atoms with E-state index in [1.165, 1.54) is 0 Å². The zero-order valence-electron chi connectivity index (χ0n) is 10.7. The Morgan fingerprint density at radius 1 is 1.38 bits per heavy atom. The summed E-state index contributed by atoms with van der Waals surface area (Å²) in [7, 11) is -2.99. The van der Waals surface area contributed by atoms with Crippen LogP contribution in [0.3, 0.4) is 0 Å².